The Morgan fingerprint density at radius 2 is 2.08 bits per heavy atom. The normalized spacial score (nSPS) is 10.8. The first-order valence-corrected chi connectivity index (χ1v) is 4.96. The summed E-state index contributed by atoms with van der Waals surface area (Å²) < 4.78 is 0. The molecule has 0 aliphatic heterocycles. The summed E-state index contributed by atoms with van der Waals surface area (Å²) in [5, 5.41) is 2.07. The van der Waals surface area contributed by atoms with Crippen LogP contribution in [0.5, 0.6) is 0 Å². The fraction of sp³-hybridized carbons (Fsp3) is 0. The Bertz CT molecular complexity index is 376. The van der Waals surface area contributed by atoms with Crippen molar-refractivity contribution in [2.75, 3.05) is 0 Å². The van der Waals surface area contributed by atoms with Crippen molar-refractivity contribution >= 4 is 23.5 Å². The molecule has 64 valence electrons. The summed E-state index contributed by atoms with van der Waals surface area (Å²) in [6, 6.07) is 10.0. The van der Waals surface area contributed by atoms with Gasteiger partial charge in [0.15, 0.2) is 0 Å². The quantitative estimate of drug-likeness (QED) is 0.702. The van der Waals surface area contributed by atoms with E-state index < -0.39 is 0 Å². The molecule has 0 N–H and O–H groups in total. The Morgan fingerprint density at radius 3 is 2.77 bits per heavy atom. The number of pyridine rings is 1. The molecule has 2 aromatic rings. The van der Waals surface area contributed by atoms with E-state index in [1.807, 2.05) is 30.3 Å². The summed E-state index contributed by atoms with van der Waals surface area (Å²) in [6.07, 6.45) is 5.90. The summed E-state index contributed by atoms with van der Waals surface area (Å²) in [4.78, 5) is 5.45. The summed E-state index contributed by atoms with van der Waals surface area (Å²) in [6.45, 7) is 0. The zero-order valence-electron chi connectivity index (χ0n) is 7.05. The van der Waals surface area contributed by atoms with E-state index in [4.69, 9.17) is 0 Å². The van der Waals surface area contributed by atoms with E-state index in [2.05, 4.69) is 22.5 Å². The predicted molar refractivity (Wildman–Crippen MR) is 57.5 cm³/mol. The molecule has 0 aliphatic carbocycles. The minimum absolute atomic E-state index is 0.996. The molecule has 2 rings (SSSR count). The first kappa shape index (κ1) is 8.20. The lowest BCUT2D eigenvalue weighted by Crippen LogP contribution is -1.75. The van der Waals surface area contributed by atoms with E-state index >= 15 is 0 Å². The molecule has 0 radical (unpaired) electrons. The lowest BCUT2D eigenvalue weighted by molar-refractivity contribution is 1.30. The highest BCUT2D eigenvalue weighted by molar-refractivity contribution is 7.10. The van der Waals surface area contributed by atoms with Gasteiger partial charge in [-0.05, 0) is 35.7 Å². The molecule has 0 atom stereocenters. The van der Waals surface area contributed by atoms with Gasteiger partial charge in [0, 0.05) is 11.1 Å². The molecule has 1 nitrogen and oxygen atoms in total. The number of rotatable bonds is 2. The van der Waals surface area contributed by atoms with Crippen molar-refractivity contribution < 1.29 is 0 Å². The first-order valence-electron chi connectivity index (χ1n) is 4.08. The van der Waals surface area contributed by atoms with Crippen molar-refractivity contribution in [3.05, 3.63) is 52.5 Å². The van der Waals surface area contributed by atoms with Crippen LogP contribution in [0.1, 0.15) is 10.6 Å². The van der Waals surface area contributed by atoms with Crippen LogP contribution in [0, 0.1) is 0 Å². The van der Waals surface area contributed by atoms with Crippen LogP contribution in [0.2, 0.25) is 0 Å². The molecule has 0 unspecified atom stereocenters. The van der Waals surface area contributed by atoms with Crippen molar-refractivity contribution in [3.8, 4) is 0 Å². The standard InChI is InChI=1S/C11H9NS/c1-2-8-12-10(4-1)6-7-11-5-3-9-13-11/h1-9H/b7-6+. The molecule has 2 aromatic heterocycles. The Balaban J connectivity index is 2.15. The number of aromatic nitrogens is 1. The zero-order chi connectivity index (χ0) is 8.93. The van der Waals surface area contributed by atoms with Crippen molar-refractivity contribution in [2.45, 2.75) is 0 Å². The Labute approximate surface area is 81.4 Å². The van der Waals surface area contributed by atoms with Crippen molar-refractivity contribution in [3.63, 3.8) is 0 Å². The van der Waals surface area contributed by atoms with Crippen LogP contribution in [0.3, 0.4) is 0 Å². The topological polar surface area (TPSA) is 12.9 Å². The Morgan fingerprint density at radius 1 is 1.08 bits per heavy atom. The van der Waals surface area contributed by atoms with Gasteiger partial charge in [-0.1, -0.05) is 12.1 Å². The third-order valence-corrected chi connectivity index (χ3v) is 2.49. The average Bonchev–Trinajstić information content (AvgIpc) is 2.69. The van der Waals surface area contributed by atoms with Gasteiger partial charge in [-0.25, -0.2) is 0 Å². The van der Waals surface area contributed by atoms with E-state index in [0.717, 1.165) is 5.69 Å². The molecule has 0 saturated carbocycles. The van der Waals surface area contributed by atoms with Crippen LogP contribution in [0.25, 0.3) is 12.2 Å². The molecule has 0 amide bonds. The van der Waals surface area contributed by atoms with Crippen molar-refractivity contribution in [1.82, 2.24) is 4.98 Å². The van der Waals surface area contributed by atoms with Gasteiger partial charge < -0.3 is 0 Å². The Kier molecular flexibility index (Phi) is 2.53. The van der Waals surface area contributed by atoms with Gasteiger partial charge in [0.05, 0.1) is 5.69 Å². The number of thiophene rings is 1. The van der Waals surface area contributed by atoms with Gasteiger partial charge in [0.25, 0.3) is 0 Å². The second-order valence-electron chi connectivity index (χ2n) is 2.60. The van der Waals surface area contributed by atoms with E-state index in [0.29, 0.717) is 0 Å². The summed E-state index contributed by atoms with van der Waals surface area (Å²) >= 11 is 1.73. The molecular weight excluding hydrogens is 178 g/mol. The van der Waals surface area contributed by atoms with E-state index in [9.17, 15) is 0 Å². The van der Waals surface area contributed by atoms with E-state index in [-0.39, 0.29) is 0 Å². The lowest BCUT2D eigenvalue weighted by atomic mass is 10.3. The van der Waals surface area contributed by atoms with Gasteiger partial charge in [0.1, 0.15) is 0 Å². The highest BCUT2D eigenvalue weighted by Crippen LogP contribution is 2.11. The third kappa shape index (κ3) is 2.26. The molecule has 0 aliphatic rings. The lowest BCUT2D eigenvalue weighted by Gasteiger charge is -1.88. The molecule has 2 heteroatoms. The molecule has 0 fully saturated rings. The van der Waals surface area contributed by atoms with Gasteiger partial charge in [-0.15, -0.1) is 11.3 Å². The van der Waals surface area contributed by atoms with Gasteiger partial charge in [-0.2, -0.15) is 0 Å². The van der Waals surface area contributed by atoms with Gasteiger partial charge in [-0.3, -0.25) is 4.98 Å². The molecule has 0 aromatic carbocycles. The zero-order valence-corrected chi connectivity index (χ0v) is 7.87. The molecule has 0 saturated heterocycles. The van der Waals surface area contributed by atoms with Crippen LogP contribution in [-0.2, 0) is 0 Å². The molecule has 2 heterocycles. The molecule has 0 spiro atoms. The maximum atomic E-state index is 4.20. The maximum Gasteiger partial charge on any atom is 0.0630 e. The fourth-order valence-electron chi connectivity index (χ4n) is 1.03. The van der Waals surface area contributed by atoms with Crippen LogP contribution in [0.15, 0.2) is 41.9 Å². The van der Waals surface area contributed by atoms with Crippen LogP contribution >= 0.6 is 11.3 Å². The van der Waals surface area contributed by atoms with E-state index in [1.54, 1.807) is 17.5 Å². The third-order valence-electron chi connectivity index (χ3n) is 1.65. The van der Waals surface area contributed by atoms with Crippen LogP contribution in [-0.4, -0.2) is 4.98 Å². The highest BCUT2D eigenvalue weighted by Gasteiger charge is 1.86. The van der Waals surface area contributed by atoms with Crippen molar-refractivity contribution in [1.29, 1.82) is 0 Å². The molecule has 0 bridgehead atoms. The molecule has 13 heavy (non-hydrogen) atoms. The van der Waals surface area contributed by atoms with Crippen molar-refractivity contribution in [2.24, 2.45) is 0 Å². The summed E-state index contributed by atoms with van der Waals surface area (Å²) in [5.74, 6) is 0. The number of hydrogen-bond donors (Lipinski definition) is 0. The highest BCUT2D eigenvalue weighted by atomic mass is 32.1. The summed E-state index contributed by atoms with van der Waals surface area (Å²) in [7, 11) is 0. The minimum Gasteiger partial charge on any atom is -0.257 e. The van der Waals surface area contributed by atoms with Gasteiger partial charge >= 0.3 is 0 Å². The number of nitrogens with zero attached hydrogens (tertiary/aromatic N) is 1. The predicted octanol–water partition coefficient (Wildman–Crippen LogP) is 3.31. The van der Waals surface area contributed by atoms with E-state index in [1.165, 1.54) is 4.88 Å². The average molecular weight is 187 g/mol. The summed E-state index contributed by atoms with van der Waals surface area (Å²) in [5.41, 5.74) is 0.996. The smallest absolute Gasteiger partial charge is 0.0630 e. The fourth-order valence-corrected chi connectivity index (χ4v) is 1.65. The Hall–Kier alpha value is -1.41. The van der Waals surface area contributed by atoms with Gasteiger partial charge in [0.2, 0.25) is 0 Å². The SMILES string of the molecule is C(=C\c1cccs1)/c1ccccn1. The second kappa shape index (κ2) is 4.01. The molecular formula is C11H9NS. The van der Waals surface area contributed by atoms with Crippen LogP contribution < -0.4 is 0 Å². The van der Waals surface area contributed by atoms with Crippen LogP contribution in [0.4, 0.5) is 0 Å². The maximum absolute atomic E-state index is 4.20. The monoisotopic (exact) mass is 187 g/mol. The second-order valence-corrected chi connectivity index (χ2v) is 3.58. The number of hydrogen-bond acceptors (Lipinski definition) is 2. The first-order chi connectivity index (χ1) is 6.45. The minimum atomic E-state index is 0.996. The largest absolute Gasteiger partial charge is 0.257 e.